The van der Waals surface area contributed by atoms with E-state index in [1.165, 1.54) is 12.7 Å². The molecule has 0 heterocycles. The third kappa shape index (κ3) is 8.40. The molecule has 0 atom stereocenters. The Hall–Kier alpha value is -3.38. The van der Waals surface area contributed by atoms with Crippen molar-refractivity contribution >= 4 is 11.9 Å². The molecular formula is C26H30O6. The Kier molecular flexibility index (Phi) is 10.2. The topological polar surface area (TPSA) is 71.1 Å². The summed E-state index contributed by atoms with van der Waals surface area (Å²) in [5.74, 6) is -0.122. The number of carbonyl (C=O) groups excluding carboxylic acids is 2. The zero-order chi connectivity index (χ0) is 23.3. The molecule has 2 aromatic carbocycles. The molecule has 6 nitrogen and oxygen atoms in total. The summed E-state index contributed by atoms with van der Waals surface area (Å²) in [7, 11) is 1.51. The molecule has 0 saturated carbocycles. The van der Waals surface area contributed by atoms with E-state index in [0.29, 0.717) is 23.5 Å². The van der Waals surface area contributed by atoms with Gasteiger partial charge in [0, 0.05) is 12.7 Å². The summed E-state index contributed by atoms with van der Waals surface area (Å²) in [4.78, 5) is 23.0. The Balaban J connectivity index is 1.75. The molecule has 170 valence electrons. The summed E-state index contributed by atoms with van der Waals surface area (Å²) in [6.07, 6.45) is 1.55. The lowest BCUT2D eigenvalue weighted by Gasteiger charge is -2.09. The first kappa shape index (κ1) is 24.9. The molecule has 0 aliphatic rings. The van der Waals surface area contributed by atoms with Gasteiger partial charge in [-0.15, -0.1) is 0 Å². The second kappa shape index (κ2) is 13.1. The van der Waals surface area contributed by atoms with Crippen molar-refractivity contribution in [1.82, 2.24) is 0 Å². The van der Waals surface area contributed by atoms with Gasteiger partial charge >= 0.3 is 11.9 Å². The number of carbonyl (C=O) groups is 2. The van der Waals surface area contributed by atoms with Crippen molar-refractivity contribution in [2.75, 3.05) is 33.5 Å². The van der Waals surface area contributed by atoms with E-state index in [-0.39, 0.29) is 19.8 Å². The van der Waals surface area contributed by atoms with Crippen LogP contribution in [-0.4, -0.2) is 45.5 Å². The highest BCUT2D eigenvalue weighted by atomic mass is 16.6. The summed E-state index contributed by atoms with van der Waals surface area (Å²) >= 11 is 0. The van der Waals surface area contributed by atoms with Gasteiger partial charge in [0.1, 0.15) is 19.0 Å². The number of rotatable bonds is 13. The monoisotopic (exact) mass is 438 g/mol. The minimum Gasteiger partial charge on any atom is -0.490 e. The van der Waals surface area contributed by atoms with Crippen LogP contribution < -0.4 is 4.74 Å². The number of hydrogen-bond donors (Lipinski definition) is 0. The lowest BCUT2D eigenvalue weighted by atomic mass is 10.0. The van der Waals surface area contributed by atoms with Gasteiger partial charge in [-0.1, -0.05) is 49.6 Å². The maximum atomic E-state index is 11.7. The normalized spacial score (nSPS) is 10.3. The highest BCUT2D eigenvalue weighted by Crippen LogP contribution is 2.23. The standard InChI is InChI=1S/C26H30O6/c1-19(2)25(27)32-17-16-30-24-13-11-23(12-14-24)22-9-7-21(8-10-22)6-5-15-31-26(28)20(3)18-29-4/h7-14H,1,3,5-6,15-18H2,2,4H3. The molecule has 2 aromatic rings. The van der Waals surface area contributed by atoms with Gasteiger partial charge in [-0.25, -0.2) is 9.59 Å². The SMILES string of the molecule is C=C(C)C(=O)OCCOc1ccc(-c2ccc(CCCOC(=O)C(=C)COC)cc2)cc1. The van der Waals surface area contributed by atoms with Crippen LogP contribution in [0.3, 0.4) is 0 Å². The predicted octanol–water partition coefficient (Wildman–Crippen LogP) is 4.53. The molecule has 0 saturated heterocycles. The second-order valence-corrected chi connectivity index (χ2v) is 7.26. The van der Waals surface area contributed by atoms with Gasteiger partial charge in [0.25, 0.3) is 0 Å². The van der Waals surface area contributed by atoms with E-state index in [9.17, 15) is 9.59 Å². The summed E-state index contributed by atoms with van der Waals surface area (Å²) in [5, 5.41) is 0. The molecule has 6 heteroatoms. The number of aryl methyl sites for hydroxylation is 1. The lowest BCUT2D eigenvalue weighted by molar-refractivity contribution is -0.140. The van der Waals surface area contributed by atoms with Crippen LogP contribution in [0.25, 0.3) is 11.1 Å². The first-order chi connectivity index (χ1) is 15.4. The molecule has 2 rings (SSSR count). The fourth-order valence-corrected chi connectivity index (χ4v) is 2.80. The highest BCUT2D eigenvalue weighted by molar-refractivity contribution is 5.88. The second-order valence-electron chi connectivity index (χ2n) is 7.26. The Labute approximate surface area is 189 Å². The van der Waals surface area contributed by atoms with Gasteiger partial charge in [0.15, 0.2) is 0 Å². The van der Waals surface area contributed by atoms with Crippen molar-refractivity contribution in [3.05, 3.63) is 78.4 Å². The van der Waals surface area contributed by atoms with Gasteiger partial charge in [0.2, 0.25) is 0 Å². The molecule has 0 aliphatic heterocycles. The molecule has 0 radical (unpaired) electrons. The van der Waals surface area contributed by atoms with E-state index >= 15 is 0 Å². The fourth-order valence-electron chi connectivity index (χ4n) is 2.80. The van der Waals surface area contributed by atoms with Gasteiger partial charge in [0.05, 0.1) is 18.8 Å². The number of ether oxygens (including phenoxy) is 4. The van der Waals surface area contributed by atoms with E-state index in [1.807, 2.05) is 24.3 Å². The van der Waals surface area contributed by atoms with Gasteiger partial charge in [-0.2, -0.15) is 0 Å². The van der Waals surface area contributed by atoms with E-state index < -0.39 is 11.9 Å². The molecule has 32 heavy (non-hydrogen) atoms. The van der Waals surface area contributed by atoms with Gasteiger partial charge in [-0.3, -0.25) is 0 Å². The Morgan fingerprint density at radius 3 is 2.00 bits per heavy atom. The first-order valence-electron chi connectivity index (χ1n) is 10.4. The number of esters is 2. The molecule has 0 amide bonds. The van der Waals surface area contributed by atoms with Gasteiger partial charge < -0.3 is 18.9 Å². The van der Waals surface area contributed by atoms with Crippen LogP contribution in [0.15, 0.2) is 72.8 Å². The summed E-state index contributed by atoms with van der Waals surface area (Å²) in [6, 6.07) is 16.0. The minimum atomic E-state index is -0.415. The van der Waals surface area contributed by atoms with Crippen molar-refractivity contribution in [2.45, 2.75) is 19.8 Å². The van der Waals surface area contributed by atoms with Crippen LogP contribution in [0.5, 0.6) is 5.75 Å². The quantitative estimate of drug-likeness (QED) is 0.260. The van der Waals surface area contributed by atoms with E-state index in [2.05, 4.69) is 37.4 Å². The van der Waals surface area contributed by atoms with Crippen LogP contribution in [0.1, 0.15) is 18.9 Å². The Bertz CT molecular complexity index is 912. The summed E-state index contributed by atoms with van der Waals surface area (Å²) < 4.78 is 20.6. The maximum absolute atomic E-state index is 11.7. The average molecular weight is 439 g/mol. The Morgan fingerprint density at radius 1 is 0.812 bits per heavy atom. The van der Waals surface area contributed by atoms with Crippen LogP contribution >= 0.6 is 0 Å². The molecule has 0 spiro atoms. The number of methoxy groups -OCH3 is 1. The average Bonchev–Trinajstić information content (AvgIpc) is 2.80. The predicted molar refractivity (Wildman–Crippen MR) is 123 cm³/mol. The molecule has 0 N–H and O–H groups in total. The minimum absolute atomic E-state index is 0.177. The summed E-state index contributed by atoms with van der Waals surface area (Å²) in [6.45, 7) is 9.75. The molecule has 0 bridgehead atoms. The Morgan fingerprint density at radius 2 is 1.41 bits per heavy atom. The lowest BCUT2D eigenvalue weighted by Crippen LogP contribution is -2.12. The van der Waals surface area contributed by atoms with Crippen LogP contribution in [0.2, 0.25) is 0 Å². The molecule has 0 aromatic heterocycles. The third-order valence-electron chi connectivity index (χ3n) is 4.53. The van der Waals surface area contributed by atoms with E-state index in [1.54, 1.807) is 6.92 Å². The van der Waals surface area contributed by atoms with Crippen molar-refractivity contribution < 1.29 is 28.5 Å². The summed E-state index contributed by atoms with van der Waals surface area (Å²) in [5.41, 5.74) is 4.03. The van der Waals surface area contributed by atoms with Crippen molar-refractivity contribution in [3.63, 3.8) is 0 Å². The zero-order valence-corrected chi connectivity index (χ0v) is 18.7. The molecule has 0 aliphatic carbocycles. The largest absolute Gasteiger partial charge is 0.490 e. The van der Waals surface area contributed by atoms with Crippen LogP contribution in [0.4, 0.5) is 0 Å². The van der Waals surface area contributed by atoms with E-state index in [0.717, 1.165) is 24.0 Å². The van der Waals surface area contributed by atoms with Crippen molar-refractivity contribution in [3.8, 4) is 16.9 Å². The highest BCUT2D eigenvalue weighted by Gasteiger charge is 2.08. The van der Waals surface area contributed by atoms with E-state index in [4.69, 9.17) is 18.9 Å². The van der Waals surface area contributed by atoms with Gasteiger partial charge in [-0.05, 0) is 48.6 Å². The molecular weight excluding hydrogens is 408 g/mol. The molecule has 0 unspecified atom stereocenters. The zero-order valence-electron chi connectivity index (χ0n) is 18.7. The maximum Gasteiger partial charge on any atom is 0.335 e. The third-order valence-corrected chi connectivity index (χ3v) is 4.53. The van der Waals surface area contributed by atoms with Crippen molar-refractivity contribution in [2.24, 2.45) is 0 Å². The number of hydrogen-bond acceptors (Lipinski definition) is 6. The molecule has 0 fully saturated rings. The smallest absolute Gasteiger partial charge is 0.335 e. The van der Waals surface area contributed by atoms with Crippen LogP contribution in [-0.2, 0) is 30.2 Å². The van der Waals surface area contributed by atoms with Crippen molar-refractivity contribution in [1.29, 1.82) is 0 Å². The first-order valence-corrected chi connectivity index (χ1v) is 10.4. The fraction of sp³-hybridized carbons (Fsp3) is 0.308. The van der Waals surface area contributed by atoms with Crippen LogP contribution in [0, 0.1) is 0 Å². The number of benzene rings is 2.